The van der Waals surface area contributed by atoms with Crippen LogP contribution < -0.4 is 5.32 Å². The number of amides is 1. The van der Waals surface area contributed by atoms with Crippen molar-refractivity contribution in [3.8, 4) is 0 Å². The van der Waals surface area contributed by atoms with Gasteiger partial charge in [0.2, 0.25) is 5.91 Å². The Bertz CT molecular complexity index is 409. The SMILES string of the molecule is CC(C)CCCC1CCC(C)(C(=O)N[C@@H](CC(C)C)C(=O)O)CC1. The van der Waals surface area contributed by atoms with Crippen LogP contribution in [0.1, 0.15) is 86.0 Å². The number of carboxylic acid groups (broad SMARTS) is 1. The van der Waals surface area contributed by atoms with E-state index in [1.54, 1.807) is 0 Å². The fraction of sp³-hybridized carbons (Fsp3) is 0.900. The van der Waals surface area contributed by atoms with E-state index in [-0.39, 0.29) is 11.8 Å². The van der Waals surface area contributed by atoms with Crippen molar-refractivity contribution in [2.45, 2.75) is 92.0 Å². The van der Waals surface area contributed by atoms with Crippen LogP contribution in [0, 0.1) is 23.2 Å². The standard InChI is InChI=1S/C20H37NO3/c1-14(2)7-6-8-16-9-11-20(5,12-10-16)19(24)21-17(18(22)23)13-15(3)4/h14-17H,6-13H2,1-5H3,(H,21,24)(H,22,23)/t16?,17-,20?/m0/s1. The molecule has 2 N–H and O–H groups in total. The molecule has 140 valence electrons. The number of carboxylic acids is 1. The van der Waals surface area contributed by atoms with Gasteiger partial charge in [0, 0.05) is 5.41 Å². The molecule has 0 aliphatic heterocycles. The van der Waals surface area contributed by atoms with Crippen molar-refractivity contribution in [2.24, 2.45) is 23.2 Å². The molecule has 0 bridgehead atoms. The Morgan fingerprint density at radius 3 is 2.17 bits per heavy atom. The van der Waals surface area contributed by atoms with E-state index in [9.17, 15) is 14.7 Å². The molecule has 4 heteroatoms. The molecule has 0 unspecified atom stereocenters. The second-order valence-corrected chi connectivity index (χ2v) is 8.82. The minimum absolute atomic E-state index is 0.0730. The molecule has 1 rings (SSSR count). The highest BCUT2D eigenvalue weighted by molar-refractivity contribution is 5.87. The first kappa shape index (κ1) is 21.0. The first-order chi connectivity index (χ1) is 11.1. The van der Waals surface area contributed by atoms with Crippen molar-refractivity contribution in [2.75, 3.05) is 0 Å². The van der Waals surface area contributed by atoms with Crippen LogP contribution in [0.25, 0.3) is 0 Å². The third-order valence-corrected chi connectivity index (χ3v) is 5.46. The summed E-state index contributed by atoms with van der Waals surface area (Å²) in [6.07, 6.45) is 8.23. The molecule has 0 saturated heterocycles. The van der Waals surface area contributed by atoms with Crippen LogP contribution in [0.2, 0.25) is 0 Å². The number of aliphatic carboxylic acids is 1. The third kappa shape index (κ3) is 6.82. The summed E-state index contributed by atoms with van der Waals surface area (Å²) < 4.78 is 0. The zero-order valence-electron chi connectivity index (χ0n) is 16.2. The van der Waals surface area contributed by atoms with Gasteiger partial charge in [-0.2, -0.15) is 0 Å². The van der Waals surface area contributed by atoms with Gasteiger partial charge in [0.25, 0.3) is 0 Å². The monoisotopic (exact) mass is 339 g/mol. The van der Waals surface area contributed by atoms with Crippen molar-refractivity contribution < 1.29 is 14.7 Å². The first-order valence-corrected chi connectivity index (χ1v) is 9.68. The molecule has 1 aliphatic rings. The average Bonchev–Trinajstić information content (AvgIpc) is 2.47. The molecule has 0 spiro atoms. The van der Waals surface area contributed by atoms with Crippen molar-refractivity contribution in [3.63, 3.8) is 0 Å². The van der Waals surface area contributed by atoms with Gasteiger partial charge in [-0.25, -0.2) is 4.79 Å². The summed E-state index contributed by atoms with van der Waals surface area (Å²) >= 11 is 0. The molecule has 0 radical (unpaired) electrons. The smallest absolute Gasteiger partial charge is 0.326 e. The maximum absolute atomic E-state index is 12.7. The molecule has 1 aliphatic carbocycles. The minimum atomic E-state index is -0.928. The largest absolute Gasteiger partial charge is 0.480 e. The summed E-state index contributed by atoms with van der Waals surface area (Å²) in [6.45, 7) is 10.5. The fourth-order valence-corrected chi connectivity index (χ4v) is 3.67. The Morgan fingerprint density at radius 2 is 1.71 bits per heavy atom. The van der Waals surface area contributed by atoms with E-state index in [1.165, 1.54) is 19.3 Å². The van der Waals surface area contributed by atoms with Crippen molar-refractivity contribution in [3.05, 3.63) is 0 Å². The summed E-state index contributed by atoms with van der Waals surface area (Å²) in [5.41, 5.74) is -0.404. The predicted molar refractivity (Wildman–Crippen MR) is 97.8 cm³/mol. The van der Waals surface area contributed by atoms with Gasteiger partial charge in [-0.05, 0) is 49.9 Å². The second-order valence-electron chi connectivity index (χ2n) is 8.82. The van der Waals surface area contributed by atoms with E-state index in [0.29, 0.717) is 6.42 Å². The Hall–Kier alpha value is -1.06. The van der Waals surface area contributed by atoms with Gasteiger partial charge in [0.15, 0.2) is 0 Å². The number of hydrogen-bond donors (Lipinski definition) is 2. The lowest BCUT2D eigenvalue weighted by Crippen LogP contribution is -2.49. The summed E-state index contributed by atoms with van der Waals surface area (Å²) in [5, 5.41) is 12.1. The molecule has 0 heterocycles. The summed E-state index contributed by atoms with van der Waals surface area (Å²) in [4.78, 5) is 24.0. The van der Waals surface area contributed by atoms with Crippen LogP contribution >= 0.6 is 0 Å². The van der Waals surface area contributed by atoms with E-state index in [4.69, 9.17) is 0 Å². The van der Waals surface area contributed by atoms with E-state index in [2.05, 4.69) is 19.2 Å². The normalized spacial score (nSPS) is 25.7. The maximum atomic E-state index is 12.7. The van der Waals surface area contributed by atoms with Crippen LogP contribution in [0.5, 0.6) is 0 Å². The molecule has 1 saturated carbocycles. The Labute approximate surface area is 147 Å². The summed E-state index contributed by atoms with van der Waals surface area (Å²) in [5.74, 6) is 0.740. The number of carbonyl (C=O) groups is 2. The number of hydrogen-bond acceptors (Lipinski definition) is 2. The topological polar surface area (TPSA) is 66.4 Å². The molecule has 4 nitrogen and oxygen atoms in total. The van der Waals surface area contributed by atoms with Crippen LogP contribution in [-0.2, 0) is 9.59 Å². The van der Waals surface area contributed by atoms with Crippen LogP contribution in [0.15, 0.2) is 0 Å². The molecule has 24 heavy (non-hydrogen) atoms. The molecule has 0 aromatic heterocycles. The second kappa shape index (κ2) is 9.43. The van der Waals surface area contributed by atoms with Gasteiger partial charge in [-0.15, -0.1) is 0 Å². The van der Waals surface area contributed by atoms with Gasteiger partial charge in [0.05, 0.1) is 0 Å². The van der Waals surface area contributed by atoms with E-state index >= 15 is 0 Å². The molecular formula is C20H37NO3. The zero-order valence-corrected chi connectivity index (χ0v) is 16.2. The minimum Gasteiger partial charge on any atom is -0.480 e. The molecule has 1 atom stereocenters. The van der Waals surface area contributed by atoms with E-state index < -0.39 is 17.4 Å². The number of carbonyl (C=O) groups excluding carboxylic acids is 1. The molecule has 0 aromatic carbocycles. The van der Waals surface area contributed by atoms with Crippen LogP contribution in [0.3, 0.4) is 0 Å². The van der Waals surface area contributed by atoms with Crippen molar-refractivity contribution in [1.29, 1.82) is 0 Å². The van der Waals surface area contributed by atoms with E-state index in [1.807, 2.05) is 20.8 Å². The maximum Gasteiger partial charge on any atom is 0.326 e. The summed E-state index contributed by atoms with van der Waals surface area (Å²) in [7, 11) is 0. The predicted octanol–water partition coefficient (Wildman–Crippen LogP) is 4.62. The quantitative estimate of drug-likeness (QED) is 0.644. The van der Waals surface area contributed by atoms with Gasteiger partial charge in [0.1, 0.15) is 6.04 Å². The van der Waals surface area contributed by atoms with Gasteiger partial charge >= 0.3 is 5.97 Å². The van der Waals surface area contributed by atoms with Crippen LogP contribution in [-0.4, -0.2) is 23.0 Å². The lowest BCUT2D eigenvalue weighted by Gasteiger charge is -2.37. The Kier molecular flexibility index (Phi) is 8.24. The van der Waals surface area contributed by atoms with Gasteiger partial charge in [-0.1, -0.05) is 53.9 Å². The Morgan fingerprint density at radius 1 is 1.12 bits per heavy atom. The average molecular weight is 340 g/mol. The van der Waals surface area contributed by atoms with Crippen molar-refractivity contribution >= 4 is 11.9 Å². The third-order valence-electron chi connectivity index (χ3n) is 5.46. The van der Waals surface area contributed by atoms with E-state index in [0.717, 1.165) is 37.5 Å². The molecule has 1 fully saturated rings. The van der Waals surface area contributed by atoms with Crippen molar-refractivity contribution in [1.82, 2.24) is 5.32 Å². The molecule has 1 amide bonds. The fourth-order valence-electron chi connectivity index (χ4n) is 3.67. The number of nitrogens with one attached hydrogen (secondary N) is 1. The van der Waals surface area contributed by atoms with Gasteiger partial charge < -0.3 is 10.4 Å². The highest BCUT2D eigenvalue weighted by Gasteiger charge is 2.38. The molecule has 0 aromatic rings. The highest BCUT2D eigenvalue weighted by Crippen LogP contribution is 2.40. The summed E-state index contributed by atoms with van der Waals surface area (Å²) in [6, 6.07) is -0.766. The van der Waals surface area contributed by atoms with Gasteiger partial charge in [-0.3, -0.25) is 4.79 Å². The molecular weight excluding hydrogens is 302 g/mol. The first-order valence-electron chi connectivity index (χ1n) is 9.68. The Balaban J connectivity index is 2.49. The highest BCUT2D eigenvalue weighted by atomic mass is 16.4. The number of rotatable bonds is 9. The van der Waals surface area contributed by atoms with Crippen LogP contribution in [0.4, 0.5) is 0 Å². The lowest BCUT2D eigenvalue weighted by atomic mass is 9.70. The lowest BCUT2D eigenvalue weighted by molar-refractivity contribution is -0.144. The zero-order chi connectivity index (χ0) is 18.3.